The Balaban J connectivity index is 2.30. The molecule has 0 aromatic carbocycles. The third-order valence-electron chi connectivity index (χ3n) is 1.74. The quantitative estimate of drug-likeness (QED) is 0.513. The Morgan fingerprint density at radius 3 is 2.50 bits per heavy atom. The van der Waals surface area contributed by atoms with Gasteiger partial charge in [0.25, 0.3) is 0 Å². The van der Waals surface area contributed by atoms with E-state index in [1.54, 1.807) is 0 Å². The van der Waals surface area contributed by atoms with E-state index in [4.69, 9.17) is 5.11 Å². The van der Waals surface area contributed by atoms with Gasteiger partial charge in [-0.1, -0.05) is 0 Å². The molecule has 0 aromatic rings. The number of hydrogen-bond acceptors (Lipinski definition) is 2. The van der Waals surface area contributed by atoms with Gasteiger partial charge >= 0.3 is 0 Å². The van der Waals surface area contributed by atoms with E-state index in [9.17, 15) is 0 Å². The SMILES string of the molecule is [CH2]NC1CCC[C@H]1O. The van der Waals surface area contributed by atoms with E-state index in [0.717, 1.165) is 19.3 Å². The average Bonchev–Trinajstić information content (AvgIpc) is 2.14. The molecule has 8 heavy (non-hydrogen) atoms. The van der Waals surface area contributed by atoms with Crippen molar-refractivity contribution in [2.24, 2.45) is 0 Å². The molecule has 0 aliphatic heterocycles. The fourth-order valence-electron chi connectivity index (χ4n) is 1.18. The van der Waals surface area contributed by atoms with Crippen molar-refractivity contribution in [3.8, 4) is 0 Å². The van der Waals surface area contributed by atoms with Crippen LogP contribution in [0.25, 0.3) is 0 Å². The Kier molecular flexibility index (Phi) is 1.86. The summed E-state index contributed by atoms with van der Waals surface area (Å²) in [6, 6.07) is 0.259. The van der Waals surface area contributed by atoms with Gasteiger partial charge in [-0.25, -0.2) is 0 Å². The smallest absolute Gasteiger partial charge is 0.0693 e. The van der Waals surface area contributed by atoms with Gasteiger partial charge in [0.1, 0.15) is 0 Å². The lowest BCUT2D eigenvalue weighted by molar-refractivity contribution is 0.155. The summed E-state index contributed by atoms with van der Waals surface area (Å²) in [7, 11) is 3.51. The lowest BCUT2D eigenvalue weighted by Crippen LogP contribution is -2.30. The summed E-state index contributed by atoms with van der Waals surface area (Å²) in [6.07, 6.45) is 3.00. The molecule has 1 aliphatic rings. The van der Waals surface area contributed by atoms with Crippen molar-refractivity contribution in [2.75, 3.05) is 0 Å². The normalized spacial score (nSPS) is 38.2. The molecular formula is C6H12NO. The zero-order valence-electron chi connectivity index (χ0n) is 4.93. The van der Waals surface area contributed by atoms with Crippen molar-refractivity contribution in [1.82, 2.24) is 5.32 Å². The molecule has 1 fully saturated rings. The maximum atomic E-state index is 9.09. The molecule has 0 spiro atoms. The Labute approximate surface area is 49.9 Å². The van der Waals surface area contributed by atoms with Crippen molar-refractivity contribution in [2.45, 2.75) is 31.4 Å². The van der Waals surface area contributed by atoms with E-state index in [0.29, 0.717) is 0 Å². The average molecular weight is 114 g/mol. The first kappa shape index (κ1) is 6.05. The van der Waals surface area contributed by atoms with E-state index < -0.39 is 0 Å². The highest BCUT2D eigenvalue weighted by Crippen LogP contribution is 2.17. The lowest BCUT2D eigenvalue weighted by atomic mass is 10.2. The van der Waals surface area contributed by atoms with Crippen LogP contribution in [-0.2, 0) is 0 Å². The first-order valence-electron chi connectivity index (χ1n) is 3.05. The van der Waals surface area contributed by atoms with Gasteiger partial charge in [0.2, 0.25) is 0 Å². The molecule has 0 aromatic heterocycles. The van der Waals surface area contributed by atoms with Crippen LogP contribution < -0.4 is 5.32 Å². The standard InChI is InChI=1S/C6H12NO/c1-7-5-3-2-4-6(5)8/h5-8H,1-4H2/t5?,6-/m1/s1. The molecule has 1 saturated carbocycles. The second-order valence-corrected chi connectivity index (χ2v) is 2.31. The molecular weight excluding hydrogens is 102 g/mol. The monoisotopic (exact) mass is 114 g/mol. The van der Waals surface area contributed by atoms with Crippen LogP contribution in [0.2, 0.25) is 0 Å². The van der Waals surface area contributed by atoms with Gasteiger partial charge in [-0.05, 0) is 19.3 Å². The van der Waals surface area contributed by atoms with Gasteiger partial charge < -0.3 is 10.4 Å². The van der Waals surface area contributed by atoms with Crippen molar-refractivity contribution >= 4 is 0 Å². The molecule has 1 radical (unpaired) electrons. The van der Waals surface area contributed by atoms with Crippen molar-refractivity contribution < 1.29 is 5.11 Å². The Bertz CT molecular complexity index is 74.9. The number of rotatable bonds is 1. The molecule has 0 heterocycles. The summed E-state index contributed by atoms with van der Waals surface area (Å²) < 4.78 is 0. The molecule has 0 amide bonds. The van der Waals surface area contributed by atoms with E-state index in [-0.39, 0.29) is 12.1 Å². The summed E-state index contributed by atoms with van der Waals surface area (Å²) in [5, 5.41) is 11.9. The zero-order valence-corrected chi connectivity index (χ0v) is 4.93. The number of aliphatic hydroxyl groups is 1. The predicted octanol–water partition coefficient (Wildman–Crippen LogP) is 0.281. The van der Waals surface area contributed by atoms with Crippen LogP contribution in [-0.4, -0.2) is 17.3 Å². The molecule has 2 atom stereocenters. The number of nitrogens with one attached hydrogen (secondary N) is 1. The van der Waals surface area contributed by atoms with E-state index >= 15 is 0 Å². The molecule has 0 saturated heterocycles. The molecule has 1 rings (SSSR count). The predicted molar refractivity (Wildman–Crippen MR) is 32.1 cm³/mol. The van der Waals surface area contributed by atoms with E-state index in [1.807, 2.05) is 0 Å². The first-order chi connectivity index (χ1) is 3.84. The topological polar surface area (TPSA) is 32.3 Å². The minimum absolute atomic E-state index is 0.146. The van der Waals surface area contributed by atoms with Crippen LogP contribution in [0, 0.1) is 7.05 Å². The third kappa shape index (κ3) is 1.01. The van der Waals surface area contributed by atoms with Crippen LogP contribution in [0.3, 0.4) is 0 Å². The highest BCUT2D eigenvalue weighted by Gasteiger charge is 2.22. The van der Waals surface area contributed by atoms with Crippen LogP contribution in [0.5, 0.6) is 0 Å². The van der Waals surface area contributed by atoms with Crippen molar-refractivity contribution in [3.63, 3.8) is 0 Å². The van der Waals surface area contributed by atoms with Crippen LogP contribution >= 0.6 is 0 Å². The highest BCUT2D eigenvalue weighted by molar-refractivity contribution is 4.81. The van der Waals surface area contributed by atoms with Gasteiger partial charge in [-0.15, -0.1) is 0 Å². The maximum absolute atomic E-state index is 9.09. The summed E-state index contributed by atoms with van der Waals surface area (Å²) in [6.45, 7) is 0. The summed E-state index contributed by atoms with van der Waals surface area (Å²) in [5.41, 5.74) is 0. The Morgan fingerprint density at radius 2 is 2.25 bits per heavy atom. The number of aliphatic hydroxyl groups excluding tert-OH is 1. The second kappa shape index (κ2) is 2.46. The zero-order chi connectivity index (χ0) is 5.98. The lowest BCUT2D eigenvalue weighted by Gasteiger charge is -2.11. The van der Waals surface area contributed by atoms with E-state index in [1.165, 1.54) is 0 Å². The third-order valence-corrected chi connectivity index (χ3v) is 1.74. The highest BCUT2D eigenvalue weighted by atomic mass is 16.3. The summed E-state index contributed by atoms with van der Waals surface area (Å²) in [4.78, 5) is 0. The van der Waals surface area contributed by atoms with Gasteiger partial charge in [0.05, 0.1) is 6.10 Å². The second-order valence-electron chi connectivity index (χ2n) is 2.31. The number of hydrogen-bond donors (Lipinski definition) is 2. The van der Waals surface area contributed by atoms with Gasteiger partial charge in [0, 0.05) is 13.1 Å². The Morgan fingerprint density at radius 1 is 1.50 bits per heavy atom. The first-order valence-corrected chi connectivity index (χ1v) is 3.05. The van der Waals surface area contributed by atoms with Crippen LogP contribution in [0.15, 0.2) is 0 Å². The van der Waals surface area contributed by atoms with Gasteiger partial charge in [-0.3, -0.25) is 0 Å². The molecule has 2 heteroatoms. The van der Waals surface area contributed by atoms with Crippen LogP contribution in [0.4, 0.5) is 0 Å². The molecule has 2 N–H and O–H groups in total. The maximum Gasteiger partial charge on any atom is 0.0693 e. The van der Waals surface area contributed by atoms with Gasteiger partial charge in [0.15, 0.2) is 0 Å². The molecule has 1 unspecified atom stereocenters. The largest absolute Gasteiger partial charge is 0.392 e. The van der Waals surface area contributed by atoms with Gasteiger partial charge in [-0.2, -0.15) is 0 Å². The molecule has 1 aliphatic carbocycles. The fraction of sp³-hybridized carbons (Fsp3) is 0.833. The molecule has 47 valence electrons. The minimum atomic E-state index is -0.146. The summed E-state index contributed by atoms with van der Waals surface area (Å²) >= 11 is 0. The van der Waals surface area contributed by atoms with Crippen molar-refractivity contribution in [3.05, 3.63) is 7.05 Å². The summed E-state index contributed by atoms with van der Waals surface area (Å²) in [5.74, 6) is 0. The van der Waals surface area contributed by atoms with E-state index in [2.05, 4.69) is 12.4 Å². The van der Waals surface area contributed by atoms with Crippen LogP contribution in [0.1, 0.15) is 19.3 Å². The molecule has 0 bridgehead atoms. The van der Waals surface area contributed by atoms with Crippen molar-refractivity contribution in [1.29, 1.82) is 0 Å². The Hall–Kier alpha value is -0.0800. The minimum Gasteiger partial charge on any atom is -0.392 e. The molecule has 2 nitrogen and oxygen atoms in total. The fourth-order valence-corrected chi connectivity index (χ4v) is 1.18.